The Morgan fingerprint density at radius 3 is 2.59 bits per heavy atom. The first kappa shape index (κ1) is 18.8. The number of halogens is 3. The highest BCUT2D eigenvalue weighted by Gasteiger charge is 2.67. The Hall–Kier alpha value is -2.25. The Balaban J connectivity index is 1.25. The molecule has 1 spiro atoms. The van der Waals surface area contributed by atoms with Gasteiger partial charge in [-0.1, -0.05) is 19.1 Å². The number of amides is 2. The fourth-order valence-corrected chi connectivity index (χ4v) is 5.85. The highest BCUT2D eigenvalue weighted by Crippen LogP contribution is 2.68. The number of hydrogen-bond donors (Lipinski definition) is 1. The molecule has 0 bridgehead atoms. The first-order valence-electron chi connectivity index (χ1n) is 9.94. The third kappa shape index (κ3) is 2.74. The van der Waals surface area contributed by atoms with Crippen molar-refractivity contribution in [3.63, 3.8) is 0 Å². The van der Waals surface area contributed by atoms with Crippen LogP contribution < -0.4 is 5.32 Å². The normalized spacial score (nSPS) is 37.8. The van der Waals surface area contributed by atoms with Gasteiger partial charge in [0.15, 0.2) is 0 Å². The van der Waals surface area contributed by atoms with E-state index in [1.807, 2.05) is 4.90 Å². The molecule has 0 aromatic heterocycles. The number of fused-ring (bicyclic) bond motifs is 1. The molecule has 5 nitrogen and oxygen atoms in total. The molecule has 2 aliphatic heterocycles. The van der Waals surface area contributed by atoms with Crippen LogP contribution in [0.25, 0.3) is 0 Å². The second kappa shape index (κ2) is 5.67. The van der Waals surface area contributed by atoms with Crippen LogP contribution >= 0.6 is 0 Å². The summed E-state index contributed by atoms with van der Waals surface area (Å²) in [4.78, 5) is 26.0. The average molecular weight is 408 g/mol. The van der Waals surface area contributed by atoms with Crippen LogP contribution in [0, 0.1) is 24.2 Å². The van der Waals surface area contributed by atoms with Crippen LogP contribution in [0.15, 0.2) is 18.2 Å². The number of piperidine rings is 1. The lowest BCUT2D eigenvalue weighted by Gasteiger charge is -2.43. The number of cyclic esters (lactones) is 1. The number of rotatable bonds is 2. The van der Waals surface area contributed by atoms with E-state index in [9.17, 15) is 22.8 Å². The summed E-state index contributed by atoms with van der Waals surface area (Å²) in [6, 6.07) is 4.63. The summed E-state index contributed by atoms with van der Waals surface area (Å²) < 4.78 is 44.7. The second-order valence-electron chi connectivity index (χ2n) is 9.47. The topological polar surface area (TPSA) is 58.6 Å². The summed E-state index contributed by atoms with van der Waals surface area (Å²) >= 11 is 0. The zero-order valence-electron chi connectivity index (χ0n) is 16.3. The third-order valence-corrected chi connectivity index (χ3v) is 7.51. The minimum atomic E-state index is -4.35. The van der Waals surface area contributed by atoms with Gasteiger partial charge in [-0.25, -0.2) is 4.79 Å². The second-order valence-corrected chi connectivity index (χ2v) is 9.47. The molecule has 0 unspecified atom stereocenters. The van der Waals surface area contributed by atoms with E-state index in [4.69, 9.17) is 4.74 Å². The van der Waals surface area contributed by atoms with E-state index >= 15 is 0 Å². The monoisotopic (exact) mass is 408 g/mol. The quantitative estimate of drug-likeness (QED) is 0.815. The van der Waals surface area contributed by atoms with E-state index in [1.165, 1.54) is 13.0 Å². The molecule has 2 heterocycles. The molecule has 156 valence electrons. The molecule has 2 saturated carbocycles. The molecule has 1 aromatic rings. The number of carbonyl (C=O) groups excluding carboxylic acids is 2. The van der Waals surface area contributed by atoms with Gasteiger partial charge < -0.3 is 15.0 Å². The number of hydrogen-bond acceptors (Lipinski definition) is 3. The third-order valence-electron chi connectivity index (χ3n) is 7.51. The number of nitrogens with one attached hydrogen (secondary N) is 1. The SMILES string of the molecule is Cc1ccc([C@H]2[C@@H]3CN(C(=O)[C@H]4C[C@]5(COC(=O)N5)C4)C[C@@]32C)cc1C(F)(F)F. The molecule has 4 aliphatic rings. The summed E-state index contributed by atoms with van der Waals surface area (Å²) in [5.41, 5.74) is -0.175. The summed E-state index contributed by atoms with van der Waals surface area (Å²) in [6.07, 6.45) is -3.60. The molecule has 1 N–H and O–H groups in total. The maximum absolute atomic E-state index is 13.3. The molecule has 5 rings (SSSR count). The fourth-order valence-electron chi connectivity index (χ4n) is 5.85. The average Bonchev–Trinajstić information content (AvgIpc) is 2.92. The standard InChI is InChI=1S/C21H23F3N2O3/c1-11-3-4-12(5-14(11)21(22,23)24)16-15-8-26(9-19(15,16)2)17(27)13-6-20(7-13)10-29-18(28)25-20/h3-5,13,15-16H,6-10H2,1-2H3,(H,25,28)/t13-,15-,16-,19-,20+/m0/s1. The number of nitrogens with zero attached hydrogens (tertiary/aromatic N) is 1. The zero-order chi connectivity index (χ0) is 20.8. The maximum atomic E-state index is 13.3. The molecule has 29 heavy (non-hydrogen) atoms. The molecular weight excluding hydrogens is 385 g/mol. The lowest BCUT2D eigenvalue weighted by molar-refractivity contribution is -0.141. The van der Waals surface area contributed by atoms with Crippen LogP contribution in [0.5, 0.6) is 0 Å². The van der Waals surface area contributed by atoms with Crippen molar-refractivity contribution in [1.29, 1.82) is 0 Å². The van der Waals surface area contributed by atoms with Crippen LogP contribution in [0.3, 0.4) is 0 Å². The zero-order valence-corrected chi connectivity index (χ0v) is 16.3. The van der Waals surface area contributed by atoms with Gasteiger partial charge in [0.25, 0.3) is 0 Å². The Labute approximate surface area is 166 Å². The summed E-state index contributed by atoms with van der Waals surface area (Å²) in [5.74, 6) is 0.221. The number of ether oxygens (including phenoxy) is 1. The molecule has 4 fully saturated rings. The lowest BCUT2D eigenvalue weighted by Crippen LogP contribution is -2.58. The van der Waals surface area contributed by atoms with Gasteiger partial charge in [-0.05, 0) is 54.2 Å². The maximum Gasteiger partial charge on any atom is 0.416 e. The predicted octanol–water partition coefficient (Wildman–Crippen LogP) is 3.46. The van der Waals surface area contributed by atoms with E-state index in [-0.39, 0.29) is 40.2 Å². The highest BCUT2D eigenvalue weighted by molar-refractivity contribution is 5.82. The number of alkyl halides is 3. The Morgan fingerprint density at radius 2 is 2.03 bits per heavy atom. The molecule has 1 aromatic carbocycles. The molecule has 2 aliphatic carbocycles. The van der Waals surface area contributed by atoms with Gasteiger partial charge in [-0.3, -0.25) is 4.79 Å². The molecule has 2 saturated heterocycles. The number of carbonyl (C=O) groups is 2. The van der Waals surface area contributed by atoms with Crippen molar-refractivity contribution in [2.24, 2.45) is 17.3 Å². The van der Waals surface area contributed by atoms with Crippen LogP contribution in [-0.2, 0) is 15.7 Å². The van der Waals surface area contributed by atoms with Gasteiger partial charge in [-0.2, -0.15) is 13.2 Å². The van der Waals surface area contributed by atoms with Crippen molar-refractivity contribution in [3.8, 4) is 0 Å². The van der Waals surface area contributed by atoms with Crippen molar-refractivity contribution in [1.82, 2.24) is 10.2 Å². The smallest absolute Gasteiger partial charge is 0.416 e. The summed E-state index contributed by atoms with van der Waals surface area (Å²) in [6.45, 7) is 5.01. The Kier molecular flexibility index (Phi) is 3.67. The first-order chi connectivity index (χ1) is 13.5. The van der Waals surface area contributed by atoms with Crippen molar-refractivity contribution in [2.75, 3.05) is 19.7 Å². The summed E-state index contributed by atoms with van der Waals surface area (Å²) in [5, 5.41) is 2.79. The van der Waals surface area contributed by atoms with Crippen molar-refractivity contribution >= 4 is 12.0 Å². The largest absolute Gasteiger partial charge is 0.447 e. The van der Waals surface area contributed by atoms with Gasteiger partial charge in [0.1, 0.15) is 6.61 Å². The van der Waals surface area contributed by atoms with Crippen molar-refractivity contribution in [3.05, 3.63) is 34.9 Å². The number of likely N-dealkylation sites (tertiary alicyclic amines) is 1. The van der Waals surface area contributed by atoms with E-state index < -0.39 is 17.8 Å². The van der Waals surface area contributed by atoms with Gasteiger partial charge in [-0.15, -0.1) is 0 Å². The van der Waals surface area contributed by atoms with Gasteiger partial charge >= 0.3 is 12.3 Å². The van der Waals surface area contributed by atoms with Crippen LogP contribution in [0.2, 0.25) is 0 Å². The fraction of sp³-hybridized carbons (Fsp3) is 0.619. The van der Waals surface area contributed by atoms with Gasteiger partial charge in [0.05, 0.1) is 11.1 Å². The molecule has 8 heteroatoms. The minimum Gasteiger partial charge on any atom is -0.447 e. The summed E-state index contributed by atoms with van der Waals surface area (Å²) in [7, 11) is 0. The molecule has 2 amide bonds. The van der Waals surface area contributed by atoms with Gasteiger partial charge in [0.2, 0.25) is 5.91 Å². The van der Waals surface area contributed by atoms with Crippen molar-refractivity contribution in [2.45, 2.75) is 44.3 Å². The molecule has 3 atom stereocenters. The van der Waals surface area contributed by atoms with Crippen molar-refractivity contribution < 1.29 is 27.5 Å². The van der Waals surface area contributed by atoms with Crippen LogP contribution in [-0.4, -0.2) is 42.1 Å². The molecule has 0 radical (unpaired) electrons. The lowest BCUT2D eigenvalue weighted by atomic mass is 9.68. The highest BCUT2D eigenvalue weighted by atomic mass is 19.4. The first-order valence-corrected chi connectivity index (χ1v) is 9.94. The predicted molar refractivity (Wildman–Crippen MR) is 97.0 cm³/mol. The molecular formula is C21H23F3N2O3. The van der Waals surface area contributed by atoms with E-state index in [0.717, 1.165) is 5.56 Å². The number of alkyl carbamates (subject to hydrolysis) is 1. The number of benzene rings is 1. The van der Waals surface area contributed by atoms with Gasteiger partial charge in [0, 0.05) is 19.0 Å². The Morgan fingerprint density at radius 1 is 1.31 bits per heavy atom. The van der Waals surface area contributed by atoms with Crippen LogP contribution in [0.4, 0.5) is 18.0 Å². The minimum absolute atomic E-state index is 0.0588. The van der Waals surface area contributed by atoms with E-state index in [1.54, 1.807) is 12.1 Å². The Bertz CT molecular complexity index is 909. The van der Waals surface area contributed by atoms with E-state index in [0.29, 0.717) is 32.5 Å². The van der Waals surface area contributed by atoms with E-state index in [2.05, 4.69) is 12.2 Å². The van der Waals surface area contributed by atoms with Crippen LogP contribution in [0.1, 0.15) is 42.4 Å². The number of aryl methyl sites for hydroxylation is 1.